The molecule has 0 aliphatic carbocycles. The summed E-state index contributed by atoms with van der Waals surface area (Å²) in [6, 6.07) is 6.20. The number of hydrogen-bond donors (Lipinski definition) is 0. The van der Waals surface area contributed by atoms with E-state index in [1.165, 1.54) is 13.2 Å². The second kappa shape index (κ2) is 7.81. The second-order valence-corrected chi connectivity index (χ2v) is 5.82. The molecule has 0 bridgehead atoms. The molecule has 0 saturated heterocycles. The van der Waals surface area contributed by atoms with Crippen molar-refractivity contribution < 1.29 is 24.0 Å². The Morgan fingerprint density at radius 1 is 1.31 bits per heavy atom. The van der Waals surface area contributed by atoms with Gasteiger partial charge >= 0.3 is 5.97 Å². The Hall–Kier alpha value is -3.16. The first-order valence-corrected chi connectivity index (χ1v) is 7.86. The predicted molar refractivity (Wildman–Crippen MR) is 93.0 cm³/mol. The quantitative estimate of drug-likeness (QED) is 0.333. The van der Waals surface area contributed by atoms with Crippen LogP contribution in [0.3, 0.4) is 0 Å². The van der Waals surface area contributed by atoms with Crippen LogP contribution in [0.5, 0.6) is 0 Å². The summed E-state index contributed by atoms with van der Waals surface area (Å²) in [5.41, 5.74) is 2.45. The fraction of sp³-hybridized carbons (Fsp3) is 0.333. The second-order valence-electron chi connectivity index (χ2n) is 5.82. The van der Waals surface area contributed by atoms with E-state index in [1.54, 1.807) is 37.1 Å². The van der Waals surface area contributed by atoms with Crippen molar-refractivity contribution in [2.75, 3.05) is 20.8 Å². The highest BCUT2D eigenvalue weighted by molar-refractivity contribution is 5.93. The number of carbonyl (C=O) groups is 2. The van der Waals surface area contributed by atoms with Crippen LogP contribution in [0.15, 0.2) is 46.8 Å². The van der Waals surface area contributed by atoms with E-state index in [2.05, 4.69) is 0 Å². The van der Waals surface area contributed by atoms with Crippen molar-refractivity contribution >= 4 is 18.1 Å². The highest BCUT2D eigenvalue weighted by atomic mass is 16.6. The minimum absolute atomic E-state index is 0.0931. The molecule has 1 aromatic carbocycles. The number of nitro groups is 1. The summed E-state index contributed by atoms with van der Waals surface area (Å²) >= 11 is 0. The lowest BCUT2D eigenvalue weighted by Crippen LogP contribution is -2.32. The Morgan fingerprint density at radius 2 is 1.96 bits per heavy atom. The van der Waals surface area contributed by atoms with E-state index < -0.39 is 16.8 Å². The molecule has 0 spiro atoms. The van der Waals surface area contributed by atoms with Gasteiger partial charge in [0.2, 0.25) is 0 Å². The van der Waals surface area contributed by atoms with Crippen molar-refractivity contribution in [3.63, 3.8) is 0 Å². The molecule has 1 unspecified atom stereocenters. The largest absolute Gasteiger partial charge is 0.466 e. The van der Waals surface area contributed by atoms with Gasteiger partial charge in [-0.15, -0.1) is 0 Å². The lowest BCUT2D eigenvalue weighted by atomic mass is 9.79. The number of para-hydroxylation sites is 1. The number of methoxy groups -OCH3 is 1. The molecule has 2 rings (SSSR count). The molecule has 1 aliphatic heterocycles. The number of allylic oxidation sites excluding steroid dienone is 2. The molecule has 1 aromatic rings. The van der Waals surface area contributed by atoms with Gasteiger partial charge in [0, 0.05) is 30.1 Å². The first-order chi connectivity index (χ1) is 12.3. The van der Waals surface area contributed by atoms with Crippen molar-refractivity contribution in [2.45, 2.75) is 19.8 Å². The molecule has 0 N–H and O–H groups in total. The van der Waals surface area contributed by atoms with E-state index in [0.29, 0.717) is 23.3 Å². The van der Waals surface area contributed by atoms with Crippen LogP contribution in [0.2, 0.25) is 0 Å². The lowest BCUT2D eigenvalue weighted by molar-refractivity contribution is -0.385. The smallest absolute Gasteiger partial charge is 0.336 e. The fourth-order valence-corrected chi connectivity index (χ4v) is 3.17. The predicted octanol–water partition coefficient (Wildman–Crippen LogP) is 2.52. The summed E-state index contributed by atoms with van der Waals surface area (Å²) in [6.45, 7) is 3.77. The average molecular weight is 360 g/mol. The van der Waals surface area contributed by atoms with E-state index in [1.807, 2.05) is 6.92 Å². The normalized spacial score (nSPS) is 17.2. The number of rotatable bonds is 6. The van der Waals surface area contributed by atoms with Crippen LogP contribution in [0.25, 0.3) is 0 Å². The summed E-state index contributed by atoms with van der Waals surface area (Å²) < 4.78 is 9.85. The van der Waals surface area contributed by atoms with E-state index in [-0.39, 0.29) is 17.9 Å². The zero-order chi connectivity index (χ0) is 19.4. The molecular weight excluding hydrogens is 340 g/mol. The van der Waals surface area contributed by atoms with E-state index in [9.17, 15) is 19.7 Å². The fourth-order valence-electron chi connectivity index (χ4n) is 3.17. The Bertz CT molecular complexity index is 812. The van der Waals surface area contributed by atoms with Crippen LogP contribution >= 0.6 is 0 Å². The molecule has 0 amide bonds. The Kier molecular flexibility index (Phi) is 5.76. The van der Waals surface area contributed by atoms with Crippen LogP contribution in [0.1, 0.15) is 25.3 Å². The van der Waals surface area contributed by atoms with Gasteiger partial charge in [0.15, 0.2) is 0 Å². The van der Waals surface area contributed by atoms with Crippen LogP contribution in [-0.4, -0.2) is 43.0 Å². The topological polar surface area (TPSA) is 99.0 Å². The molecule has 26 heavy (non-hydrogen) atoms. The molecule has 0 aromatic heterocycles. The van der Waals surface area contributed by atoms with Gasteiger partial charge in [-0.1, -0.05) is 18.2 Å². The van der Waals surface area contributed by atoms with Crippen LogP contribution in [0, 0.1) is 10.1 Å². The minimum Gasteiger partial charge on any atom is -0.466 e. The molecule has 138 valence electrons. The van der Waals surface area contributed by atoms with Gasteiger partial charge in [0.25, 0.3) is 12.2 Å². The molecule has 8 heteroatoms. The Balaban J connectivity index is 2.78. The highest BCUT2D eigenvalue weighted by Gasteiger charge is 2.38. The SMILES string of the molecule is COC(=O)C1=C(C)N(C)C(C)=C(COC=O)C1c1ccccc1[N+](=O)[O-]. The minimum atomic E-state index is -0.750. The summed E-state index contributed by atoms with van der Waals surface area (Å²) in [5.74, 6) is -1.34. The number of esters is 1. The zero-order valence-electron chi connectivity index (χ0n) is 15.0. The maximum absolute atomic E-state index is 12.5. The number of nitro benzene ring substituents is 1. The van der Waals surface area contributed by atoms with Gasteiger partial charge in [0.1, 0.15) is 6.61 Å². The van der Waals surface area contributed by atoms with Crippen molar-refractivity contribution in [3.8, 4) is 0 Å². The Morgan fingerprint density at radius 3 is 2.54 bits per heavy atom. The third-order valence-corrected chi connectivity index (χ3v) is 4.65. The standard InChI is InChI=1S/C18H20N2O6/c1-11-14(9-26-10-21)17(13-7-5-6-8-15(13)20(23)24)16(18(22)25-4)12(2)19(11)3/h5-8,10,17H,9H2,1-4H3. The van der Waals surface area contributed by atoms with Crippen LogP contribution < -0.4 is 0 Å². The molecular formula is C18H20N2O6. The summed E-state index contributed by atoms with van der Waals surface area (Å²) in [7, 11) is 3.02. The van der Waals surface area contributed by atoms with E-state index in [0.717, 1.165) is 5.70 Å². The van der Waals surface area contributed by atoms with Gasteiger partial charge in [-0.05, 0) is 19.4 Å². The molecule has 1 aliphatic rings. The van der Waals surface area contributed by atoms with Gasteiger partial charge in [-0.3, -0.25) is 14.9 Å². The maximum Gasteiger partial charge on any atom is 0.336 e. The number of ether oxygens (including phenoxy) is 2. The number of hydrogen-bond acceptors (Lipinski definition) is 7. The van der Waals surface area contributed by atoms with Gasteiger partial charge in [0.05, 0.1) is 23.5 Å². The molecule has 0 radical (unpaired) electrons. The molecule has 0 saturated carbocycles. The highest BCUT2D eigenvalue weighted by Crippen LogP contribution is 2.44. The molecule has 1 atom stereocenters. The van der Waals surface area contributed by atoms with Gasteiger partial charge in [-0.2, -0.15) is 0 Å². The Labute approximate surface area is 150 Å². The monoisotopic (exact) mass is 360 g/mol. The number of nitrogens with zero attached hydrogens (tertiary/aromatic N) is 2. The summed E-state index contributed by atoms with van der Waals surface area (Å²) in [6.07, 6.45) is 0. The zero-order valence-corrected chi connectivity index (χ0v) is 15.0. The molecule has 1 heterocycles. The molecule has 8 nitrogen and oxygen atoms in total. The van der Waals surface area contributed by atoms with Crippen molar-refractivity contribution in [3.05, 3.63) is 62.5 Å². The average Bonchev–Trinajstić information content (AvgIpc) is 2.64. The van der Waals surface area contributed by atoms with Crippen molar-refractivity contribution in [2.24, 2.45) is 0 Å². The van der Waals surface area contributed by atoms with Gasteiger partial charge in [-0.25, -0.2) is 4.79 Å². The first-order valence-electron chi connectivity index (χ1n) is 7.86. The van der Waals surface area contributed by atoms with Gasteiger partial charge < -0.3 is 14.4 Å². The number of carbonyl (C=O) groups excluding carboxylic acids is 2. The number of benzene rings is 1. The summed E-state index contributed by atoms with van der Waals surface area (Å²) in [4.78, 5) is 36.0. The summed E-state index contributed by atoms with van der Waals surface area (Å²) in [5, 5.41) is 11.5. The first kappa shape index (κ1) is 19.2. The van der Waals surface area contributed by atoms with Crippen LogP contribution in [-0.2, 0) is 19.1 Å². The molecule has 0 fully saturated rings. The lowest BCUT2D eigenvalue weighted by Gasteiger charge is -2.36. The van der Waals surface area contributed by atoms with Crippen molar-refractivity contribution in [1.29, 1.82) is 0 Å². The van der Waals surface area contributed by atoms with E-state index in [4.69, 9.17) is 9.47 Å². The third-order valence-electron chi connectivity index (χ3n) is 4.65. The van der Waals surface area contributed by atoms with Crippen molar-refractivity contribution in [1.82, 2.24) is 4.90 Å². The third kappa shape index (κ3) is 3.30. The van der Waals surface area contributed by atoms with Crippen LogP contribution in [0.4, 0.5) is 5.69 Å². The van der Waals surface area contributed by atoms with E-state index >= 15 is 0 Å². The maximum atomic E-state index is 12.5.